The normalized spacial score (nSPS) is 14.1. The summed E-state index contributed by atoms with van der Waals surface area (Å²) in [5.74, 6) is 0. The van der Waals surface area contributed by atoms with Crippen LogP contribution in [0.25, 0.3) is 0 Å². The molecule has 4 heteroatoms. The third kappa shape index (κ3) is 4.10. The van der Waals surface area contributed by atoms with Gasteiger partial charge in [-0.1, -0.05) is 60.7 Å². The van der Waals surface area contributed by atoms with Crippen molar-refractivity contribution in [1.29, 1.82) is 0 Å². The van der Waals surface area contributed by atoms with E-state index in [0.717, 1.165) is 5.56 Å². The van der Waals surface area contributed by atoms with E-state index in [1.165, 1.54) is 0 Å². The summed E-state index contributed by atoms with van der Waals surface area (Å²) < 4.78 is 30.4. The van der Waals surface area contributed by atoms with Crippen LogP contribution >= 0.6 is 7.68 Å². The monoisotopic (exact) mass is 264 g/mol. The van der Waals surface area contributed by atoms with E-state index in [1.807, 2.05) is 36.4 Å². The number of rotatable bonds is 5. The first-order valence-electron chi connectivity index (χ1n) is 5.67. The van der Waals surface area contributed by atoms with Gasteiger partial charge in [-0.25, -0.2) is 0 Å². The highest BCUT2D eigenvalue weighted by Crippen LogP contribution is 2.52. The third-order valence-electron chi connectivity index (χ3n) is 2.48. The van der Waals surface area contributed by atoms with E-state index in [-0.39, 0.29) is 12.8 Å². The molecule has 0 amide bonds. The van der Waals surface area contributed by atoms with Crippen molar-refractivity contribution in [2.24, 2.45) is 0 Å². The molecule has 0 spiro atoms. The lowest BCUT2D eigenvalue weighted by Gasteiger charge is -2.10. The molecule has 0 saturated heterocycles. The molecule has 2 aromatic rings. The molecule has 0 bridgehead atoms. The van der Waals surface area contributed by atoms with Crippen molar-refractivity contribution in [1.82, 2.24) is 0 Å². The van der Waals surface area contributed by atoms with Gasteiger partial charge in [-0.2, -0.15) is 4.20 Å². The Balaban J connectivity index is 1.94. The topological polar surface area (TPSA) is 26.3 Å². The standard InChI is InChI=1S/C14H14FO2P/c15-18(16,12-14-9-5-2-6-10-14)17-11-13-7-3-1-4-8-13/h1-10H,11-12H2. The zero-order chi connectivity index (χ0) is 12.8. The maximum absolute atomic E-state index is 13.8. The molecule has 0 aliphatic heterocycles. The van der Waals surface area contributed by atoms with E-state index in [0.29, 0.717) is 5.56 Å². The van der Waals surface area contributed by atoms with Gasteiger partial charge in [-0.05, 0) is 11.1 Å². The van der Waals surface area contributed by atoms with Gasteiger partial charge in [-0.3, -0.25) is 4.57 Å². The Morgan fingerprint density at radius 3 is 1.94 bits per heavy atom. The van der Waals surface area contributed by atoms with Gasteiger partial charge in [0.25, 0.3) is 0 Å². The molecule has 1 atom stereocenters. The maximum atomic E-state index is 13.8. The van der Waals surface area contributed by atoms with Gasteiger partial charge >= 0.3 is 7.68 Å². The second-order valence-corrected chi connectivity index (χ2v) is 5.75. The average molecular weight is 264 g/mol. The molecule has 0 heterocycles. The molecule has 2 nitrogen and oxygen atoms in total. The van der Waals surface area contributed by atoms with Crippen LogP contribution in [0.2, 0.25) is 0 Å². The first-order valence-corrected chi connectivity index (χ1v) is 7.37. The van der Waals surface area contributed by atoms with E-state index in [4.69, 9.17) is 4.52 Å². The molecule has 0 fully saturated rings. The zero-order valence-corrected chi connectivity index (χ0v) is 10.7. The minimum atomic E-state index is -4.08. The average Bonchev–Trinajstić information content (AvgIpc) is 2.38. The van der Waals surface area contributed by atoms with Gasteiger partial charge in [-0.15, -0.1) is 0 Å². The maximum Gasteiger partial charge on any atom is 0.372 e. The lowest BCUT2D eigenvalue weighted by atomic mass is 10.2. The SMILES string of the molecule is O=P(F)(Cc1ccccc1)OCc1ccccc1. The second-order valence-electron chi connectivity index (χ2n) is 3.99. The van der Waals surface area contributed by atoms with Gasteiger partial charge < -0.3 is 4.52 Å². The first-order chi connectivity index (χ1) is 8.66. The Labute approximate surface area is 106 Å². The minimum absolute atomic E-state index is 0.0292. The smallest absolute Gasteiger partial charge is 0.300 e. The Morgan fingerprint density at radius 1 is 0.889 bits per heavy atom. The summed E-state index contributed by atoms with van der Waals surface area (Å²) in [6.45, 7) is 0.0292. The molecule has 2 rings (SSSR count). The van der Waals surface area contributed by atoms with Gasteiger partial charge in [0, 0.05) is 0 Å². The van der Waals surface area contributed by atoms with Crippen molar-refractivity contribution >= 4 is 7.68 Å². The highest BCUT2D eigenvalue weighted by Gasteiger charge is 2.22. The van der Waals surface area contributed by atoms with Gasteiger partial charge in [0.05, 0.1) is 12.8 Å². The molecular weight excluding hydrogens is 250 g/mol. The van der Waals surface area contributed by atoms with Crippen molar-refractivity contribution in [3.05, 3.63) is 71.8 Å². The van der Waals surface area contributed by atoms with Crippen molar-refractivity contribution in [3.63, 3.8) is 0 Å². The Morgan fingerprint density at radius 2 is 1.39 bits per heavy atom. The van der Waals surface area contributed by atoms with Crippen molar-refractivity contribution < 1.29 is 13.3 Å². The predicted molar refractivity (Wildman–Crippen MR) is 70.1 cm³/mol. The van der Waals surface area contributed by atoms with E-state index in [1.54, 1.807) is 24.3 Å². The van der Waals surface area contributed by atoms with Crippen LogP contribution in [0.4, 0.5) is 4.20 Å². The third-order valence-corrected chi connectivity index (χ3v) is 3.74. The summed E-state index contributed by atoms with van der Waals surface area (Å²) in [7, 11) is -4.08. The van der Waals surface area contributed by atoms with Crippen LogP contribution in [0.1, 0.15) is 11.1 Å². The second kappa shape index (κ2) is 5.94. The van der Waals surface area contributed by atoms with Crippen LogP contribution in [0.5, 0.6) is 0 Å². The van der Waals surface area contributed by atoms with Gasteiger partial charge in [0.1, 0.15) is 0 Å². The van der Waals surface area contributed by atoms with Crippen molar-refractivity contribution in [3.8, 4) is 0 Å². The first kappa shape index (κ1) is 13.0. The summed E-state index contributed by atoms with van der Waals surface area (Å²) in [6.07, 6.45) is -0.180. The summed E-state index contributed by atoms with van der Waals surface area (Å²) in [4.78, 5) is 0. The fraction of sp³-hybridized carbons (Fsp3) is 0.143. The quantitative estimate of drug-likeness (QED) is 0.739. The zero-order valence-electron chi connectivity index (χ0n) is 9.83. The van der Waals surface area contributed by atoms with Crippen LogP contribution in [0, 0.1) is 0 Å². The van der Waals surface area contributed by atoms with E-state index < -0.39 is 7.68 Å². The van der Waals surface area contributed by atoms with Crippen LogP contribution in [-0.4, -0.2) is 0 Å². The highest BCUT2D eigenvalue weighted by atomic mass is 31.2. The van der Waals surface area contributed by atoms with E-state index in [2.05, 4.69) is 0 Å². The fourth-order valence-corrected chi connectivity index (χ4v) is 2.67. The number of halogens is 1. The highest BCUT2D eigenvalue weighted by molar-refractivity contribution is 7.52. The van der Waals surface area contributed by atoms with Crippen LogP contribution in [0.15, 0.2) is 60.7 Å². The summed E-state index contributed by atoms with van der Waals surface area (Å²) in [5, 5.41) is 0. The van der Waals surface area contributed by atoms with Crippen LogP contribution in [-0.2, 0) is 21.9 Å². The molecule has 18 heavy (non-hydrogen) atoms. The van der Waals surface area contributed by atoms with Gasteiger partial charge in [0.15, 0.2) is 0 Å². The molecular formula is C14H14FO2P. The molecule has 0 saturated carbocycles. The molecule has 1 unspecified atom stereocenters. The Kier molecular flexibility index (Phi) is 4.29. The molecule has 2 aromatic carbocycles. The Hall–Kier alpha value is -1.44. The number of benzene rings is 2. The van der Waals surface area contributed by atoms with Gasteiger partial charge in [0.2, 0.25) is 0 Å². The van der Waals surface area contributed by atoms with Crippen LogP contribution in [0.3, 0.4) is 0 Å². The number of hydrogen-bond acceptors (Lipinski definition) is 2. The molecule has 0 aliphatic carbocycles. The van der Waals surface area contributed by atoms with Crippen molar-refractivity contribution in [2.75, 3.05) is 0 Å². The molecule has 0 radical (unpaired) electrons. The number of hydrogen-bond donors (Lipinski definition) is 0. The molecule has 94 valence electrons. The summed E-state index contributed by atoms with van der Waals surface area (Å²) in [5.41, 5.74) is 1.49. The van der Waals surface area contributed by atoms with Crippen LogP contribution < -0.4 is 0 Å². The molecule has 0 aromatic heterocycles. The summed E-state index contributed by atoms with van der Waals surface area (Å²) in [6, 6.07) is 18.0. The minimum Gasteiger partial charge on any atom is -0.300 e. The predicted octanol–water partition coefficient (Wildman–Crippen LogP) is 4.57. The van der Waals surface area contributed by atoms with Crippen molar-refractivity contribution in [2.45, 2.75) is 12.8 Å². The largest absolute Gasteiger partial charge is 0.372 e. The molecule has 0 N–H and O–H groups in total. The van der Waals surface area contributed by atoms with E-state index >= 15 is 0 Å². The lowest BCUT2D eigenvalue weighted by Crippen LogP contribution is -1.92. The van der Waals surface area contributed by atoms with E-state index in [9.17, 15) is 8.76 Å². The Bertz CT molecular complexity index is 528. The lowest BCUT2D eigenvalue weighted by molar-refractivity contribution is 0.275. The molecule has 0 aliphatic rings. The summed E-state index contributed by atoms with van der Waals surface area (Å²) >= 11 is 0. The fourth-order valence-electron chi connectivity index (χ4n) is 1.59.